The minimum absolute atomic E-state index is 0.110. The number of H-pyrrole nitrogens is 2. The van der Waals surface area contributed by atoms with E-state index in [1.807, 2.05) is 24.3 Å². The molecule has 0 spiro atoms. The van der Waals surface area contributed by atoms with Crippen LogP contribution in [-0.4, -0.2) is 19.6 Å². The van der Waals surface area contributed by atoms with E-state index in [-0.39, 0.29) is 22.0 Å². The normalized spacial score (nSPS) is 14.8. The van der Waals surface area contributed by atoms with Crippen LogP contribution in [0.15, 0.2) is 46.3 Å². The maximum absolute atomic E-state index is 12.6. The van der Waals surface area contributed by atoms with Gasteiger partial charge in [-0.05, 0) is 48.0 Å². The van der Waals surface area contributed by atoms with E-state index in [0.717, 1.165) is 17.0 Å². The summed E-state index contributed by atoms with van der Waals surface area (Å²) in [5.41, 5.74) is 9.28. The van der Waals surface area contributed by atoms with Crippen LogP contribution in [0.4, 0.5) is 0 Å². The van der Waals surface area contributed by atoms with Gasteiger partial charge in [-0.25, -0.2) is 11.4 Å². The van der Waals surface area contributed by atoms with Gasteiger partial charge < -0.3 is 15.5 Å². The summed E-state index contributed by atoms with van der Waals surface area (Å²) in [7, 11) is 0. The van der Waals surface area contributed by atoms with E-state index in [1.165, 1.54) is 32.1 Å². The van der Waals surface area contributed by atoms with E-state index in [2.05, 4.69) is 20.5 Å². The average molecular weight is 480 g/mol. The number of benzene rings is 1. The van der Waals surface area contributed by atoms with Gasteiger partial charge in [0.05, 0.1) is 0 Å². The third kappa shape index (κ3) is 5.18. The van der Waals surface area contributed by atoms with Crippen LogP contribution in [0.2, 0.25) is 0 Å². The Morgan fingerprint density at radius 3 is 2.62 bits per heavy atom. The molecule has 10 heteroatoms. The highest BCUT2D eigenvalue weighted by atomic mass is 32.1. The lowest BCUT2D eigenvalue weighted by molar-refractivity contribution is 0.311. The van der Waals surface area contributed by atoms with Crippen molar-refractivity contribution in [2.75, 3.05) is 0 Å². The van der Waals surface area contributed by atoms with Crippen molar-refractivity contribution in [1.82, 2.24) is 20.0 Å². The third-order valence-corrected chi connectivity index (χ3v) is 6.74. The summed E-state index contributed by atoms with van der Waals surface area (Å²) < 4.78 is 1.86. The second-order valence-corrected chi connectivity index (χ2v) is 8.98. The van der Waals surface area contributed by atoms with Crippen LogP contribution >= 0.6 is 12.2 Å². The molecule has 0 atom stereocenters. The van der Waals surface area contributed by atoms with E-state index < -0.39 is 5.56 Å². The molecule has 0 unspecified atom stereocenters. The van der Waals surface area contributed by atoms with Crippen molar-refractivity contribution in [3.05, 3.63) is 78.2 Å². The van der Waals surface area contributed by atoms with Gasteiger partial charge >= 0.3 is 0 Å². The van der Waals surface area contributed by atoms with Gasteiger partial charge in [0.1, 0.15) is 5.56 Å². The van der Waals surface area contributed by atoms with Crippen LogP contribution < -0.4 is 27.4 Å². The first-order valence-corrected chi connectivity index (χ1v) is 11.8. The Bertz CT molecular complexity index is 1490. The molecular weight excluding hydrogens is 450 g/mol. The lowest BCUT2D eigenvalue weighted by atomic mass is 9.87. The second kappa shape index (κ2) is 10.6. The third-order valence-electron chi connectivity index (χ3n) is 6.42. The molecule has 1 aromatic carbocycles. The standard InChI is InChI=1S/C24H29N7O2S/c25-29-21(30-26)17-8-6-16(7-9-17)20-11-10-18(27-20)14-19-22(32)28-24(34)31(23(19)33)13-12-15-4-2-1-3-5-15/h6-11,14-15,25,27,30,33H,1-5,12-13,26H2,(H,28,32,34). The molecule has 3 aromatic rings. The maximum Gasteiger partial charge on any atom is 0.262 e. The number of nitrogens with two attached hydrogens (primary N) is 1. The predicted molar refractivity (Wildman–Crippen MR) is 132 cm³/mol. The van der Waals surface area contributed by atoms with E-state index in [0.29, 0.717) is 23.0 Å². The molecule has 0 amide bonds. The van der Waals surface area contributed by atoms with Crippen LogP contribution in [0.5, 0.6) is 5.88 Å². The largest absolute Gasteiger partial charge is 0.494 e. The Balaban J connectivity index is 1.69. The van der Waals surface area contributed by atoms with Gasteiger partial charge in [-0.1, -0.05) is 56.4 Å². The van der Waals surface area contributed by atoms with Gasteiger partial charge in [-0.2, -0.15) is 0 Å². The molecular formula is C24H29N7O2S. The molecule has 1 aliphatic rings. The zero-order valence-corrected chi connectivity index (χ0v) is 19.6. The zero-order valence-electron chi connectivity index (χ0n) is 18.8. The topological polar surface area (TPSA) is 148 Å². The van der Waals surface area contributed by atoms with Gasteiger partial charge in [0.15, 0.2) is 10.6 Å². The molecule has 0 radical (unpaired) electrons. The molecule has 2 aromatic heterocycles. The molecule has 178 valence electrons. The van der Waals surface area contributed by atoms with E-state index in [9.17, 15) is 9.90 Å². The highest BCUT2D eigenvalue weighted by Gasteiger charge is 2.16. The molecule has 1 aliphatic carbocycles. The number of hydrogen-bond acceptors (Lipinski definition) is 7. The molecule has 0 saturated heterocycles. The molecule has 1 fully saturated rings. The molecule has 0 bridgehead atoms. The first-order chi connectivity index (χ1) is 16.5. The summed E-state index contributed by atoms with van der Waals surface area (Å²) in [5.74, 6) is 6.17. The smallest absolute Gasteiger partial charge is 0.262 e. The van der Waals surface area contributed by atoms with E-state index >= 15 is 0 Å². The van der Waals surface area contributed by atoms with Crippen LogP contribution in [0.1, 0.15) is 44.1 Å². The molecule has 0 aliphatic heterocycles. The van der Waals surface area contributed by atoms with Gasteiger partial charge in [-0.3, -0.25) is 14.3 Å². The molecule has 9 nitrogen and oxygen atoms in total. The number of nitrogens with one attached hydrogen (secondary N) is 4. The van der Waals surface area contributed by atoms with Crippen LogP contribution in [0.3, 0.4) is 0 Å². The number of hydrogen-bond donors (Lipinski definition) is 6. The number of aromatic amines is 2. The number of nitrogens with zero attached hydrogens (tertiary/aromatic N) is 2. The Hall–Kier alpha value is -3.50. The first kappa shape index (κ1) is 23.7. The SMILES string of the molecule is N=NC(NN)=c1ccc(=c2ccc(=Cc3c(O)n(CCC4CCCCC4)c(=S)[nH]c3=O)[nH]2)cc1. The summed E-state index contributed by atoms with van der Waals surface area (Å²) in [6, 6.07) is 11.1. The summed E-state index contributed by atoms with van der Waals surface area (Å²) in [4.78, 5) is 18.5. The van der Waals surface area contributed by atoms with Gasteiger partial charge in [-0.15, -0.1) is 5.11 Å². The van der Waals surface area contributed by atoms with Gasteiger partial charge in [0.25, 0.3) is 5.56 Å². The number of aromatic hydroxyl groups is 1. The first-order valence-electron chi connectivity index (χ1n) is 11.4. The average Bonchev–Trinajstić information content (AvgIpc) is 3.32. The Morgan fingerprint density at radius 2 is 1.94 bits per heavy atom. The molecule has 2 heterocycles. The monoisotopic (exact) mass is 479 g/mol. The fourth-order valence-electron chi connectivity index (χ4n) is 4.51. The molecule has 4 rings (SSSR count). The maximum atomic E-state index is 12.6. The summed E-state index contributed by atoms with van der Waals surface area (Å²) >= 11 is 5.33. The fraction of sp³-hybridized carbons (Fsp3) is 0.333. The number of rotatable bonds is 6. The zero-order chi connectivity index (χ0) is 24.1. The second-order valence-electron chi connectivity index (χ2n) is 8.59. The lowest BCUT2D eigenvalue weighted by Gasteiger charge is -2.22. The van der Waals surface area contributed by atoms with E-state index in [4.69, 9.17) is 23.6 Å². The number of hydrazine groups is 1. The van der Waals surface area contributed by atoms with Crippen molar-refractivity contribution < 1.29 is 5.11 Å². The van der Waals surface area contributed by atoms with Crippen LogP contribution in [0.25, 0.3) is 11.9 Å². The summed E-state index contributed by atoms with van der Waals surface area (Å²) in [6.45, 7) is 0.580. The highest BCUT2D eigenvalue weighted by Crippen LogP contribution is 2.27. The van der Waals surface area contributed by atoms with Crippen molar-refractivity contribution in [3.8, 4) is 5.88 Å². The molecule has 34 heavy (non-hydrogen) atoms. The minimum Gasteiger partial charge on any atom is -0.494 e. The van der Waals surface area contributed by atoms with Crippen LogP contribution in [0, 0.1) is 26.8 Å². The highest BCUT2D eigenvalue weighted by molar-refractivity contribution is 7.71. The van der Waals surface area contributed by atoms with Crippen molar-refractivity contribution in [3.63, 3.8) is 0 Å². The molecule has 7 N–H and O–H groups in total. The molecule has 1 saturated carbocycles. The van der Waals surface area contributed by atoms with Gasteiger partial charge in [0.2, 0.25) is 5.88 Å². The lowest BCUT2D eigenvalue weighted by Crippen LogP contribution is -2.24. The summed E-state index contributed by atoms with van der Waals surface area (Å²) in [6.07, 6.45) is 8.79. The van der Waals surface area contributed by atoms with Crippen molar-refractivity contribution in [2.24, 2.45) is 16.9 Å². The Labute approximate surface area is 200 Å². The Morgan fingerprint density at radius 1 is 1.21 bits per heavy atom. The predicted octanol–water partition coefficient (Wildman–Crippen LogP) is 2.59. The summed E-state index contributed by atoms with van der Waals surface area (Å²) in [5, 5.41) is 17.3. The van der Waals surface area contributed by atoms with Gasteiger partial charge in [0, 0.05) is 22.5 Å². The Kier molecular flexibility index (Phi) is 7.39. The minimum atomic E-state index is -0.423. The van der Waals surface area contributed by atoms with Crippen molar-refractivity contribution in [2.45, 2.75) is 45.1 Å². The van der Waals surface area contributed by atoms with Crippen molar-refractivity contribution in [1.29, 1.82) is 5.53 Å². The van der Waals surface area contributed by atoms with E-state index in [1.54, 1.807) is 22.8 Å². The van der Waals surface area contributed by atoms with Crippen LogP contribution in [-0.2, 0) is 6.54 Å². The number of aromatic nitrogens is 3. The van der Waals surface area contributed by atoms with Crippen molar-refractivity contribution >= 4 is 24.1 Å². The fourth-order valence-corrected chi connectivity index (χ4v) is 4.78. The quantitative estimate of drug-likeness (QED) is 0.139.